The molecule has 0 bridgehead atoms. The first kappa shape index (κ1) is 42.5. The topological polar surface area (TPSA) is 9.72 Å². The van der Waals surface area contributed by atoms with Gasteiger partial charge in [-0.05, 0) is 127 Å². The Balaban J connectivity index is 1.28. The molecule has 3 heterocycles. The molecule has 0 radical (unpaired) electrons. The highest BCUT2D eigenvalue weighted by Gasteiger charge is 2.44. The molecule has 11 rings (SSSR count). The second-order valence-electron chi connectivity index (χ2n) is 23.2. The maximum absolute atomic E-state index is 2.65. The van der Waals surface area contributed by atoms with Crippen LogP contribution in [0.4, 0.5) is 50.5 Å². The molecule has 0 fully saturated rings. The first-order chi connectivity index (χ1) is 31.1. The van der Waals surface area contributed by atoms with Crippen molar-refractivity contribution in [3.05, 3.63) is 185 Å². The predicted molar refractivity (Wildman–Crippen MR) is 285 cm³/mol. The fourth-order valence-corrected chi connectivity index (χ4v) is 12.1. The van der Waals surface area contributed by atoms with Crippen molar-refractivity contribution in [1.82, 2.24) is 0 Å². The van der Waals surface area contributed by atoms with Crippen LogP contribution >= 0.6 is 11.3 Å². The molecule has 0 amide bonds. The van der Waals surface area contributed by atoms with E-state index in [1.807, 2.05) is 11.3 Å². The van der Waals surface area contributed by atoms with E-state index in [-0.39, 0.29) is 27.1 Å². The molecule has 66 heavy (non-hydrogen) atoms. The predicted octanol–water partition coefficient (Wildman–Crippen LogP) is 18.5. The minimum absolute atomic E-state index is 0.0223. The molecule has 8 aromatic rings. The fraction of sp³-hybridized carbons (Fsp3) is 0.290. The zero-order valence-corrected chi connectivity index (χ0v) is 41.9. The van der Waals surface area contributed by atoms with Crippen molar-refractivity contribution in [3.8, 4) is 11.1 Å². The Bertz CT molecular complexity index is 3240. The highest BCUT2D eigenvalue weighted by atomic mass is 32.1. The largest absolute Gasteiger partial charge is 0.306 e. The third-order valence-corrected chi connectivity index (χ3v) is 16.2. The minimum atomic E-state index is -0.315. The number of thiophene rings is 1. The fourth-order valence-electron chi connectivity index (χ4n) is 10.9. The Morgan fingerprint density at radius 1 is 0.394 bits per heavy atom. The standard InChI is InChI=1S/C62H63N3S/c1-58(2,3)38-23-28-43(29-24-38)63-50-32-27-41(60(7,8)9)33-51(50)65-56-52(63)34-42(61(10,11)40-19-15-14-16-20-40)35-53(56)64(44-30-25-39(26-31-44)59(4,5)6)55-47-36-46-45-21-17-18-22-48(45)62(12,13)49(46)37-54(47)66-57(55)65/h14-37H,1-13H3. The Labute approximate surface area is 397 Å². The van der Waals surface area contributed by atoms with Crippen LogP contribution < -0.4 is 14.7 Å². The van der Waals surface area contributed by atoms with Crippen molar-refractivity contribution in [2.45, 2.75) is 117 Å². The maximum Gasteiger partial charge on any atom is 0.126 e. The van der Waals surface area contributed by atoms with E-state index in [2.05, 4.69) is 250 Å². The van der Waals surface area contributed by atoms with Gasteiger partial charge >= 0.3 is 0 Å². The average Bonchev–Trinajstić information content (AvgIpc) is 3.75. The first-order valence-electron chi connectivity index (χ1n) is 23.8. The summed E-state index contributed by atoms with van der Waals surface area (Å²) in [6.07, 6.45) is 0. The summed E-state index contributed by atoms with van der Waals surface area (Å²) in [6.45, 7) is 30.4. The van der Waals surface area contributed by atoms with Crippen LogP contribution in [0.5, 0.6) is 0 Å². The molecule has 1 aromatic heterocycles. The van der Waals surface area contributed by atoms with Crippen LogP contribution in [0.15, 0.2) is 146 Å². The van der Waals surface area contributed by atoms with Crippen molar-refractivity contribution in [2.24, 2.45) is 0 Å². The van der Waals surface area contributed by atoms with E-state index in [4.69, 9.17) is 0 Å². The molecule has 0 spiro atoms. The van der Waals surface area contributed by atoms with E-state index in [1.54, 1.807) is 0 Å². The first-order valence-corrected chi connectivity index (χ1v) is 24.7. The molecule has 0 saturated carbocycles. The Hall–Kier alpha value is -6.10. The summed E-state index contributed by atoms with van der Waals surface area (Å²) in [5.41, 5.74) is 21.1. The van der Waals surface area contributed by atoms with Gasteiger partial charge in [-0.2, -0.15) is 0 Å². The van der Waals surface area contributed by atoms with E-state index >= 15 is 0 Å². The molecule has 332 valence electrons. The quantitative estimate of drug-likeness (QED) is 0.174. The highest BCUT2D eigenvalue weighted by Crippen LogP contribution is 2.68. The zero-order chi connectivity index (χ0) is 46.5. The third-order valence-electron chi connectivity index (χ3n) is 15.1. The lowest BCUT2D eigenvalue weighted by molar-refractivity contribution is 0.590. The van der Waals surface area contributed by atoms with E-state index in [9.17, 15) is 0 Å². The van der Waals surface area contributed by atoms with Crippen molar-refractivity contribution < 1.29 is 0 Å². The van der Waals surface area contributed by atoms with E-state index in [0.717, 1.165) is 11.4 Å². The van der Waals surface area contributed by atoms with Gasteiger partial charge in [0.2, 0.25) is 0 Å². The number of fused-ring (bicyclic) bond motifs is 9. The molecule has 0 unspecified atom stereocenters. The van der Waals surface area contributed by atoms with Crippen LogP contribution in [0.1, 0.15) is 129 Å². The van der Waals surface area contributed by atoms with Gasteiger partial charge in [-0.15, -0.1) is 11.3 Å². The van der Waals surface area contributed by atoms with Crippen LogP contribution in [-0.2, 0) is 27.1 Å². The van der Waals surface area contributed by atoms with Gasteiger partial charge in [0.15, 0.2) is 0 Å². The number of nitrogens with zero attached hydrogens (tertiary/aromatic N) is 3. The third kappa shape index (κ3) is 6.34. The number of rotatable bonds is 4. The maximum atomic E-state index is 2.65. The summed E-state index contributed by atoms with van der Waals surface area (Å²) in [5.74, 6) is 0. The Morgan fingerprint density at radius 2 is 0.924 bits per heavy atom. The van der Waals surface area contributed by atoms with Crippen molar-refractivity contribution in [3.63, 3.8) is 0 Å². The minimum Gasteiger partial charge on any atom is -0.306 e. The van der Waals surface area contributed by atoms with Crippen molar-refractivity contribution in [1.29, 1.82) is 0 Å². The second kappa shape index (κ2) is 14.2. The molecule has 1 aliphatic carbocycles. The summed E-state index contributed by atoms with van der Waals surface area (Å²) in [6, 6.07) is 56.3. The number of anilines is 9. The average molecular weight is 882 g/mol. The Kier molecular flexibility index (Phi) is 9.15. The number of hydrogen-bond donors (Lipinski definition) is 0. The summed E-state index contributed by atoms with van der Waals surface area (Å²) in [7, 11) is 0. The highest BCUT2D eigenvalue weighted by molar-refractivity contribution is 7.24. The van der Waals surface area contributed by atoms with E-state index in [0.29, 0.717) is 0 Å². The molecule has 0 saturated heterocycles. The van der Waals surface area contributed by atoms with Gasteiger partial charge in [0, 0.05) is 32.3 Å². The van der Waals surface area contributed by atoms with Crippen LogP contribution in [0, 0.1) is 0 Å². The monoisotopic (exact) mass is 881 g/mol. The Morgan fingerprint density at radius 3 is 1.53 bits per heavy atom. The molecule has 2 aliphatic heterocycles. The summed E-state index contributed by atoms with van der Waals surface area (Å²) in [4.78, 5) is 7.83. The second-order valence-corrected chi connectivity index (χ2v) is 24.3. The van der Waals surface area contributed by atoms with Gasteiger partial charge < -0.3 is 9.80 Å². The molecular weight excluding hydrogens is 819 g/mol. The molecule has 0 N–H and O–H groups in total. The van der Waals surface area contributed by atoms with Crippen molar-refractivity contribution in [2.75, 3.05) is 14.7 Å². The summed E-state index contributed by atoms with van der Waals surface area (Å²) < 4.78 is 1.31. The smallest absolute Gasteiger partial charge is 0.126 e. The van der Waals surface area contributed by atoms with E-state index in [1.165, 1.54) is 99.3 Å². The van der Waals surface area contributed by atoms with Gasteiger partial charge in [-0.3, -0.25) is 4.90 Å². The summed E-state index contributed by atoms with van der Waals surface area (Å²) in [5, 5.41) is 2.54. The molecule has 0 atom stereocenters. The lowest BCUT2D eigenvalue weighted by Gasteiger charge is -2.47. The van der Waals surface area contributed by atoms with Gasteiger partial charge in [-0.1, -0.05) is 175 Å². The van der Waals surface area contributed by atoms with Gasteiger partial charge in [-0.25, -0.2) is 0 Å². The van der Waals surface area contributed by atoms with Gasteiger partial charge in [0.05, 0.1) is 34.1 Å². The van der Waals surface area contributed by atoms with Crippen LogP contribution in [0.3, 0.4) is 0 Å². The van der Waals surface area contributed by atoms with Crippen LogP contribution in [0.25, 0.3) is 21.2 Å². The van der Waals surface area contributed by atoms with Gasteiger partial charge in [0.1, 0.15) is 5.00 Å². The zero-order valence-electron chi connectivity index (χ0n) is 41.1. The SMILES string of the molecule is CC(C)(C)c1ccc(N2c3ccc(C(C)(C)C)cc3N3c4sc5cc6c(cc5c4N(c4ccc(C(C)(C)C)cc4)c4cc(C(C)(C)c5ccccc5)cc2c43)-c2ccccc2C6(C)C)cc1. The molecule has 3 aliphatic rings. The number of hydrogen-bond acceptors (Lipinski definition) is 4. The van der Waals surface area contributed by atoms with E-state index < -0.39 is 0 Å². The van der Waals surface area contributed by atoms with Gasteiger partial charge in [0.25, 0.3) is 0 Å². The normalized spacial score (nSPS) is 15.1. The van der Waals surface area contributed by atoms with Crippen LogP contribution in [0.2, 0.25) is 0 Å². The number of benzene rings is 7. The lowest BCUT2D eigenvalue weighted by Crippen LogP contribution is -2.31. The lowest BCUT2D eigenvalue weighted by atomic mass is 9.77. The summed E-state index contributed by atoms with van der Waals surface area (Å²) >= 11 is 1.94. The van der Waals surface area contributed by atoms with Crippen molar-refractivity contribution >= 4 is 71.9 Å². The molecular formula is C62H63N3S. The van der Waals surface area contributed by atoms with Crippen LogP contribution in [-0.4, -0.2) is 0 Å². The molecule has 4 heteroatoms. The molecule has 3 nitrogen and oxygen atoms in total. The molecule has 7 aromatic carbocycles.